The molecule has 1 heterocycles. The number of hydrogen-bond donors (Lipinski definition) is 3. The van der Waals surface area contributed by atoms with Crippen LogP contribution in [-0.2, 0) is 32.1 Å². The van der Waals surface area contributed by atoms with Crippen molar-refractivity contribution in [1.82, 2.24) is 9.80 Å². The summed E-state index contributed by atoms with van der Waals surface area (Å²) in [5.41, 5.74) is 3.18. The number of hydrogen-bond acceptors (Lipinski definition) is 10. The maximum absolute atomic E-state index is 14.1. The number of anilines is 1. The summed E-state index contributed by atoms with van der Waals surface area (Å²) in [4.78, 5) is 71.2. The summed E-state index contributed by atoms with van der Waals surface area (Å²) in [5.74, 6) is -11.8. The lowest BCUT2D eigenvalue weighted by molar-refractivity contribution is -0.181. The van der Waals surface area contributed by atoms with Gasteiger partial charge in [-0.15, -0.1) is 0 Å². The van der Waals surface area contributed by atoms with Crippen molar-refractivity contribution in [2.24, 2.45) is 29.4 Å². The predicted octanol–water partition coefficient (Wildman–Crippen LogP) is 0.460. The molecule has 234 valence electrons. The number of fused-ring (bicyclic) bond motifs is 3. The Morgan fingerprint density at radius 3 is 2.35 bits per heavy atom. The first-order chi connectivity index (χ1) is 19.9. The number of aliphatic hydroxyl groups is 1. The number of benzene rings is 1. The molecule has 1 saturated heterocycles. The zero-order valence-electron chi connectivity index (χ0n) is 24.3. The standard InChI is InChI=1S/C29H35F3N4O7/c1-34(2)16-10-13(11-36-7-5-6-17(36)29(30,31)32)22(37)19-14(16)8-12-9-15-21(35(3)4)24(39)20(27(33)42)26(41)28(15,43)25(40)18(12)23(19)38/h10,12,15,17-18,20-21,37,43H,5-9,11H2,1-4H3,(H2,33,42)/t12-,15-,17?,18?,20?,21-,28-/m0/s1. The van der Waals surface area contributed by atoms with Gasteiger partial charge >= 0.3 is 6.18 Å². The molecule has 3 aliphatic carbocycles. The van der Waals surface area contributed by atoms with Gasteiger partial charge in [-0.25, -0.2) is 0 Å². The zero-order chi connectivity index (χ0) is 31.9. The summed E-state index contributed by atoms with van der Waals surface area (Å²) in [6.45, 7) is -0.157. The van der Waals surface area contributed by atoms with Gasteiger partial charge < -0.3 is 20.8 Å². The van der Waals surface area contributed by atoms with Gasteiger partial charge in [0.05, 0.1) is 17.5 Å². The Balaban J connectivity index is 1.61. The van der Waals surface area contributed by atoms with Crippen molar-refractivity contribution in [1.29, 1.82) is 0 Å². The maximum Gasteiger partial charge on any atom is 0.404 e. The summed E-state index contributed by atoms with van der Waals surface area (Å²) in [7, 11) is 6.36. The number of alkyl halides is 3. The molecule has 0 spiro atoms. The topological polar surface area (TPSA) is 162 Å². The summed E-state index contributed by atoms with van der Waals surface area (Å²) < 4.78 is 41.0. The van der Waals surface area contributed by atoms with Gasteiger partial charge in [0.2, 0.25) is 5.91 Å². The fourth-order valence-electron chi connectivity index (χ4n) is 7.83. The molecule has 43 heavy (non-hydrogen) atoms. The number of aromatic hydroxyl groups is 1. The monoisotopic (exact) mass is 608 g/mol. The first kappa shape index (κ1) is 31.1. The Kier molecular flexibility index (Phi) is 7.50. The van der Waals surface area contributed by atoms with Crippen LogP contribution in [-0.4, -0.2) is 108 Å². The smallest absolute Gasteiger partial charge is 0.404 e. The summed E-state index contributed by atoms with van der Waals surface area (Å²) in [6, 6.07) is -1.38. The number of rotatable bonds is 5. The Hall–Kier alpha value is -3.36. The van der Waals surface area contributed by atoms with Crippen LogP contribution in [0.25, 0.3) is 0 Å². The van der Waals surface area contributed by atoms with Gasteiger partial charge in [0.1, 0.15) is 11.8 Å². The van der Waals surface area contributed by atoms with Crippen LogP contribution in [0.4, 0.5) is 18.9 Å². The molecular formula is C29H35F3N4O7. The number of primary amides is 1. The van der Waals surface area contributed by atoms with Crippen molar-refractivity contribution in [3.8, 4) is 5.75 Å². The molecule has 1 aliphatic heterocycles. The van der Waals surface area contributed by atoms with Gasteiger partial charge in [-0.05, 0) is 63.9 Å². The van der Waals surface area contributed by atoms with Crippen molar-refractivity contribution in [2.75, 3.05) is 39.6 Å². The molecule has 3 unspecified atom stereocenters. The number of halogens is 3. The third kappa shape index (κ3) is 4.56. The third-order valence-corrected chi connectivity index (χ3v) is 9.71. The average molecular weight is 609 g/mol. The van der Waals surface area contributed by atoms with E-state index >= 15 is 0 Å². The van der Waals surface area contributed by atoms with Crippen LogP contribution >= 0.6 is 0 Å². The molecule has 11 nitrogen and oxygen atoms in total. The van der Waals surface area contributed by atoms with Gasteiger partial charge in [-0.1, -0.05) is 0 Å². The number of phenols is 1. The number of nitrogens with two attached hydrogens (primary N) is 1. The second-order valence-electron chi connectivity index (χ2n) is 12.6. The van der Waals surface area contributed by atoms with Crippen LogP contribution in [0.5, 0.6) is 5.75 Å². The number of ketones is 4. The molecule has 0 aromatic heterocycles. The number of carbonyl (C=O) groups excluding carboxylic acids is 5. The van der Waals surface area contributed by atoms with E-state index in [4.69, 9.17) is 5.73 Å². The van der Waals surface area contributed by atoms with Crippen LogP contribution in [0.2, 0.25) is 0 Å². The van der Waals surface area contributed by atoms with Crippen molar-refractivity contribution < 1.29 is 47.4 Å². The van der Waals surface area contributed by atoms with Crippen LogP contribution in [0, 0.1) is 23.7 Å². The SMILES string of the molecule is CN(C)c1cc(CN2CCCC2C(F)(F)F)c(O)c2c1C[C@H]1C[C@H]3[C@H](N(C)C)C(=O)C(C(N)=O)C(=O)[C@@]3(O)C(=O)C1C2=O. The van der Waals surface area contributed by atoms with E-state index in [-0.39, 0.29) is 43.5 Å². The Labute approximate surface area is 245 Å². The van der Waals surface area contributed by atoms with E-state index in [1.165, 1.54) is 23.9 Å². The van der Waals surface area contributed by atoms with Gasteiger partial charge in [0.25, 0.3) is 0 Å². The van der Waals surface area contributed by atoms with Crippen molar-refractivity contribution in [2.45, 2.75) is 56.1 Å². The minimum absolute atomic E-state index is 0.0576. The number of likely N-dealkylation sites (tertiary alicyclic amines) is 1. The predicted molar refractivity (Wildman–Crippen MR) is 145 cm³/mol. The Bertz CT molecular complexity index is 1430. The number of likely N-dealkylation sites (N-methyl/N-ethyl adjacent to an activating group) is 1. The molecule has 0 radical (unpaired) electrons. The number of carbonyl (C=O) groups is 5. The molecule has 4 aliphatic rings. The normalized spacial score (nSPS) is 33.0. The van der Waals surface area contributed by atoms with Crippen LogP contribution in [0.15, 0.2) is 6.07 Å². The second kappa shape index (κ2) is 10.4. The fraction of sp³-hybridized carbons (Fsp3) is 0.621. The highest BCUT2D eigenvalue weighted by molar-refractivity contribution is 6.32. The average Bonchev–Trinajstić information content (AvgIpc) is 3.36. The van der Waals surface area contributed by atoms with Crippen LogP contribution in [0.3, 0.4) is 0 Å². The summed E-state index contributed by atoms with van der Waals surface area (Å²) >= 11 is 0. The maximum atomic E-state index is 14.1. The van der Waals surface area contributed by atoms with Gasteiger partial charge in [0, 0.05) is 37.8 Å². The molecule has 2 saturated carbocycles. The fourth-order valence-corrected chi connectivity index (χ4v) is 7.83. The first-order valence-electron chi connectivity index (χ1n) is 14.1. The quantitative estimate of drug-likeness (QED) is 0.401. The molecule has 4 N–H and O–H groups in total. The zero-order valence-corrected chi connectivity index (χ0v) is 24.3. The number of phenolic OH excluding ortho intramolecular Hbond substituents is 1. The van der Waals surface area contributed by atoms with Crippen molar-refractivity contribution >= 4 is 34.7 Å². The molecular weight excluding hydrogens is 573 g/mol. The minimum atomic E-state index is -4.48. The Morgan fingerprint density at radius 1 is 1.14 bits per heavy atom. The molecule has 3 fully saturated rings. The molecule has 14 heteroatoms. The van der Waals surface area contributed by atoms with E-state index in [1.54, 1.807) is 25.1 Å². The lowest BCUT2D eigenvalue weighted by Crippen LogP contribution is -2.74. The second-order valence-corrected chi connectivity index (χ2v) is 12.6. The van der Waals surface area contributed by atoms with Gasteiger partial charge in [-0.2, -0.15) is 13.2 Å². The van der Waals surface area contributed by atoms with E-state index in [1.807, 2.05) is 0 Å². The molecule has 1 aromatic rings. The number of nitrogens with zero attached hydrogens (tertiary/aromatic N) is 3. The van der Waals surface area contributed by atoms with Crippen LogP contribution in [0.1, 0.15) is 40.7 Å². The molecule has 7 atom stereocenters. The van der Waals surface area contributed by atoms with E-state index in [2.05, 4.69) is 0 Å². The highest BCUT2D eigenvalue weighted by Gasteiger charge is 2.69. The summed E-state index contributed by atoms with van der Waals surface area (Å²) in [5, 5.41) is 23.1. The van der Waals surface area contributed by atoms with E-state index in [9.17, 15) is 47.4 Å². The Morgan fingerprint density at radius 2 is 1.79 bits per heavy atom. The molecule has 1 amide bonds. The highest BCUT2D eigenvalue weighted by atomic mass is 19.4. The number of Topliss-reactive ketones (excluding diaryl/α,β-unsaturated/α-hetero) is 4. The third-order valence-electron chi connectivity index (χ3n) is 9.71. The largest absolute Gasteiger partial charge is 0.507 e. The first-order valence-corrected chi connectivity index (χ1v) is 14.1. The van der Waals surface area contributed by atoms with Crippen LogP contribution < -0.4 is 10.6 Å². The van der Waals surface area contributed by atoms with E-state index in [0.717, 1.165) is 0 Å². The van der Waals surface area contributed by atoms with Gasteiger partial charge in [-0.3, -0.25) is 33.8 Å². The number of amides is 1. The van der Waals surface area contributed by atoms with Crippen molar-refractivity contribution in [3.63, 3.8) is 0 Å². The molecule has 0 bridgehead atoms. The minimum Gasteiger partial charge on any atom is -0.507 e. The highest BCUT2D eigenvalue weighted by Crippen LogP contribution is 2.52. The molecule has 5 rings (SSSR count). The lowest BCUT2D eigenvalue weighted by atomic mass is 9.52. The van der Waals surface area contributed by atoms with Gasteiger partial charge in [0.15, 0.2) is 34.7 Å². The van der Waals surface area contributed by atoms with E-state index < -0.39 is 82.3 Å². The molecule has 1 aromatic carbocycles. The van der Waals surface area contributed by atoms with Crippen molar-refractivity contribution in [3.05, 3.63) is 22.8 Å². The van der Waals surface area contributed by atoms with E-state index in [0.29, 0.717) is 17.7 Å². The summed E-state index contributed by atoms with van der Waals surface area (Å²) in [6.07, 6.45) is -4.30. The lowest BCUT2D eigenvalue weighted by Gasteiger charge is -2.52.